The van der Waals surface area contributed by atoms with Crippen LogP contribution in [0.4, 0.5) is 4.39 Å². The molecule has 0 bridgehead atoms. The number of fused-ring (bicyclic) bond motifs is 1. The number of hydrogen-bond acceptors (Lipinski definition) is 4. The average molecular weight is 359 g/mol. The molecule has 2 aromatic carbocycles. The smallest absolute Gasteiger partial charge is 0.230 e. The topological polar surface area (TPSA) is 62.5 Å². The van der Waals surface area contributed by atoms with Gasteiger partial charge in [-0.3, -0.25) is 4.79 Å². The van der Waals surface area contributed by atoms with Crippen molar-refractivity contribution in [3.63, 3.8) is 0 Å². The number of rotatable bonds is 6. The first kappa shape index (κ1) is 17.5. The van der Waals surface area contributed by atoms with Crippen molar-refractivity contribution < 1.29 is 18.7 Å². The molecule has 130 valence electrons. The minimum absolute atomic E-state index is 0.0373. The maximum Gasteiger partial charge on any atom is 0.230 e. The van der Waals surface area contributed by atoms with Crippen molar-refractivity contribution in [2.75, 3.05) is 12.3 Å². The van der Waals surface area contributed by atoms with Crippen LogP contribution >= 0.6 is 11.8 Å². The van der Waals surface area contributed by atoms with E-state index in [0.717, 1.165) is 10.3 Å². The van der Waals surface area contributed by atoms with E-state index in [1.54, 1.807) is 25.1 Å². The lowest BCUT2D eigenvalue weighted by Gasteiger charge is -2.21. The van der Waals surface area contributed by atoms with Crippen molar-refractivity contribution >= 4 is 28.6 Å². The Morgan fingerprint density at radius 2 is 1.96 bits per heavy atom. The number of thioether (sulfide) groups is 1. The van der Waals surface area contributed by atoms with Crippen molar-refractivity contribution in [2.45, 2.75) is 17.4 Å². The Morgan fingerprint density at radius 3 is 2.68 bits per heavy atom. The summed E-state index contributed by atoms with van der Waals surface area (Å²) in [6, 6.07) is 15.2. The minimum Gasteiger partial charge on any atom is -0.458 e. The van der Waals surface area contributed by atoms with Crippen LogP contribution in [0, 0.1) is 5.82 Å². The van der Waals surface area contributed by atoms with Crippen molar-refractivity contribution in [1.82, 2.24) is 5.32 Å². The number of halogens is 1. The van der Waals surface area contributed by atoms with Gasteiger partial charge in [0.1, 0.15) is 22.8 Å². The summed E-state index contributed by atoms with van der Waals surface area (Å²) >= 11 is 1.30. The highest BCUT2D eigenvalue weighted by molar-refractivity contribution is 8.00. The molecule has 0 saturated heterocycles. The molecule has 1 amide bonds. The summed E-state index contributed by atoms with van der Waals surface area (Å²) in [6.45, 7) is 1.63. The molecule has 25 heavy (non-hydrogen) atoms. The van der Waals surface area contributed by atoms with Gasteiger partial charge >= 0.3 is 0 Å². The number of nitrogens with one attached hydrogen (secondary N) is 1. The molecule has 0 saturated carbocycles. The summed E-state index contributed by atoms with van der Waals surface area (Å²) < 4.78 is 18.5. The van der Waals surface area contributed by atoms with E-state index in [9.17, 15) is 14.3 Å². The number of furan rings is 1. The van der Waals surface area contributed by atoms with Crippen LogP contribution in [0.3, 0.4) is 0 Å². The van der Waals surface area contributed by atoms with E-state index in [2.05, 4.69) is 5.32 Å². The third-order valence-corrected chi connectivity index (χ3v) is 4.78. The van der Waals surface area contributed by atoms with Gasteiger partial charge in [-0.25, -0.2) is 4.39 Å². The third kappa shape index (κ3) is 4.41. The first-order chi connectivity index (χ1) is 11.9. The van der Waals surface area contributed by atoms with Gasteiger partial charge in [-0.1, -0.05) is 18.2 Å². The molecular weight excluding hydrogens is 341 g/mol. The van der Waals surface area contributed by atoms with Crippen molar-refractivity contribution in [3.05, 3.63) is 66.2 Å². The van der Waals surface area contributed by atoms with E-state index < -0.39 is 5.60 Å². The number of aliphatic hydroxyl groups is 1. The lowest BCUT2D eigenvalue weighted by Crippen LogP contribution is -2.39. The minimum atomic E-state index is -1.31. The Hall–Kier alpha value is -2.31. The normalized spacial score (nSPS) is 13.6. The Labute approximate surface area is 149 Å². The first-order valence-electron chi connectivity index (χ1n) is 7.80. The summed E-state index contributed by atoms with van der Waals surface area (Å²) in [5.41, 5.74) is -0.620. The molecule has 3 rings (SSSR count). The fourth-order valence-corrected chi connectivity index (χ4v) is 3.06. The van der Waals surface area contributed by atoms with Gasteiger partial charge < -0.3 is 14.8 Å². The number of benzene rings is 2. The van der Waals surface area contributed by atoms with Crippen LogP contribution in [0.25, 0.3) is 11.0 Å². The van der Waals surface area contributed by atoms with Crippen LogP contribution in [0.1, 0.15) is 12.7 Å². The third-order valence-electron chi connectivity index (χ3n) is 3.77. The van der Waals surface area contributed by atoms with E-state index >= 15 is 0 Å². The largest absolute Gasteiger partial charge is 0.458 e. The Kier molecular flexibility index (Phi) is 5.11. The van der Waals surface area contributed by atoms with Crippen LogP contribution in [-0.4, -0.2) is 23.3 Å². The molecule has 0 aliphatic carbocycles. The highest BCUT2D eigenvalue weighted by atomic mass is 32.2. The van der Waals surface area contributed by atoms with Gasteiger partial charge in [0.05, 0.1) is 12.3 Å². The Bertz CT molecular complexity index is 841. The fraction of sp³-hybridized carbons (Fsp3) is 0.211. The fourth-order valence-electron chi connectivity index (χ4n) is 2.34. The number of carbonyl (C=O) groups is 1. The van der Waals surface area contributed by atoms with Gasteiger partial charge in [-0.15, -0.1) is 11.8 Å². The Balaban J connectivity index is 1.55. The van der Waals surface area contributed by atoms with E-state index in [-0.39, 0.29) is 24.0 Å². The highest BCUT2D eigenvalue weighted by Gasteiger charge is 2.28. The van der Waals surface area contributed by atoms with Crippen molar-refractivity contribution in [3.8, 4) is 0 Å². The predicted molar refractivity (Wildman–Crippen MR) is 95.9 cm³/mol. The molecule has 0 fully saturated rings. The number of amides is 1. The summed E-state index contributed by atoms with van der Waals surface area (Å²) in [5, 5.41) is 14.2. The summed E-state index contributed by atoms with van der Waals surface area (Å²) in [4.78, 5) is 12.8. The van der Waals surface area contributed by atoms with Crippen LogP contribution < -0.4 is 5.32 Å². The molecule has 1 unspecified atom stereocenters. The number of para-hydroxylation sites is 1. The average Bonchev–Trinajstić information content (AvgIpc) is 3.05. The standard InChI is InChI=1S/C19H18FNO3S/c1-19(23,17-10-13-4-2-3-5-16(13)24-17)12-21-18(22)11-25-15-8-6-14(20)7-9-15/h2-10,23H,11-12H2,1H3,(H,21,22). The molecule has 1 heterocycles. The summed E-state index contributed by atoms with van der Waals surface area (Å²) in [6.07, 6.45) is 0. The van der Waals surface area contributed by atoms with Crippen LogP contribution in [0.5, 0.6) is 0 Å². The lowest BCUT2D eigenvalue weighted by molar-refractivity contribution is -0.119. The maximum atomic E-state index is 12.9. The van der Waals surface area contributed by atoms with Crippen molar-refractivity contribution in [1.29, 1.82) is 0 Å². The zero-order chi connectivity index (χ0) is 17.9. The highest BCUT2D eigenvalue weighted by Crippen LogP contribution is 2.27. The maximum absolute atomic E-state index is 12.9. The summed E-state index contributed by atoms with van der Waals surface area (Å²) in [7, 11) is 0. The summed E-state index contributed by atoms with van der Waals surface area (Å²) in [5.74, 6) is 0.0588. The quantitative estimate of drug-likeness (QED) is 0.659. The van der Waals surface area contributed by atoms with Crippen LogP contribution in [-0.2, 0) is 10.4 Å². The second-order valence-electron chi connectivity index (χ2n) is 5.94. The molecule has 2 N–H and O–H groups in total. The van der Waals surface area contributed by atoms with E-state index in [1.807, 2.05) is 24.3 Å². The van der Waals surface area contributed by atoms with Gasteiger partial charge in [0.25, 0.3) is 0 Å². The molecule has 0 spiro atoms. The molecule has 1 aromatic heterocycles. The first-order valence-corrected chi connectivity index (χ1v) is 8.79. The SMILES string of the molecule is CC(O)(CNC(=O)CSc1ccc(F)cc1)c1cc2ccccc2o1. The molecule has 0 aliphatic rings. The predicted octanol–water partition coefficient (Wildman–Crippen LogP) is 3.69. The molecule has 3 aromatic rings. The van der Waals surface area contributed by atoms with Crippen molar-refractivity contribution in [2.24, 2.45) is 0 Å². The van der Waals surface area contributed by atoms with Crippen LogP contribution in [0.15, 0.2) is 63.9 Å². The van der Waals surface area contributed by atoms with Gasteiger partial charge in [0, 0.05) is 10.3 Å². The molecular formula is C19H18FNO3S. The van der Waals surface area contributed by atoms with E-state index in [0.29, 0.717) is 11.3 Å². The lowest BCUT2D eigenvalue weighted by atomic mass is 10.0. The molecule has 0 aliphatic heterocycles. The molecule has 0 radical (unpaired) electrons. The van der Waals surface area contributed by atoms with E-state index in [1.165, 1.54) is 23.9 Å². The second kappa shape index (κ2) is 7.29. The zero-order valence-electron chi connectivity index (χ0n) is 13.7. The molecule has 6 heteroatoms. The zero-order valence-corrected chi connectivity index (χ0v) is 14.5. The van der Waals surface area contributed by atoms with Gasteiger partial charge in [-0.05, 0) is 43.3 Å². The van der Waals surface area contributed by atoms with Gasteiger partial charge in [-0.2, -0.15) is 0 Å². The molecule has 1 atom stereocenters. The second-order valence-corrected chi connectivity index (χ2v) is 6.99. The van der Waals surface area contributed by atoms with Gasteiger partial charge in [0.2, 0.25) is 5.91 Å². The van der Waals surface area contributed by atoms with Crippen LogP contribution in [0.2, 0.25) is 0 Å². The van der Waals surface area contributed by atoms with Gasteiger partial charge in [0.15, 0.2) is 0 Å². The Morgan fingerprint density at radius 1 is 1.24 bits per heavy atom. The number of hydrogen-bond donors (Lipinski definition) is 2. The number of carbonyl (C=O) groups excluding carboxylic acids is 1. The monoisotopic (exact) mass is 359 g/mol. The van der Waals surface area contributed by atoms with E-state index in [4.69, 9.17) is 4.42 Å². The molecule has 4 nitrogen and oxygen atoms in total.